The lowest BCUT2D eigenvalue weighted by Crippen LogP contribution is -2.00. The molecule has 18 heavy (non-hydrogen) atoms. The number of phenols is 1. The first-order valence-corrected chi connectivity index (χ1v) is 5.53. The van der Waals surface area contributed by atoms with Crippen molar-refractivity contribution in [3.05, 3.63) is 54.5 Å². The number of phenolic OH excluding ortho intramolecular Hbond substituents is 1. The Labute approximate surface area is 103 Å². The fraction of sp³-hybridized carbons (Fsp3) is 0.0769. The molecule has 0 bridgehead atoms. The van der Waals surface area contributed by atoms with E-state index in [1.165, 1.54) is 0 Å². The molecule has 5 heteroatoms. The molecule has 0 spiro atoms. The molecule has 1 aromatic carbocycles. The topological polar surface area (TPSA) is 59.7 Å². The van der Waals surface area contributed by atoms with Crippen LogP contribution in [0.25, 0.3) is 5.65 Å². The minimum Gasteiger partial charge on any atom is -0.508 e. The van der Waals surface area contributed by atoms with Crippen LogP contribution >= 0.6 is 0 Å². The standard InChI is InChI=1S/C13H11N3O2/c17-10-4-6-11(7-5-10)18-9-13-15-14-12-3-1-2-8-16(12)13/h1-8,17H,9H2. The molecule has 0 saturated carbocycles. The molecule has 3 aromatic rings. The molecule has 5 nitrogen and oxygen atoms in total. The largest absolute Gasteiger partial charge is 0.508 e. The van der Waals surface area contributed by atoms with E-state index in [0.717, 1.165) is 11.5 Å². The summed E-state index contributed by atoms with van der Waals surface area (Å²) in [5, 5.41) is 17.3. The second-order valence-corrected chi connectivity index (χ2v) is 3.83. The lowest BCUT2D eigenvalue weighted by atomic mass is 10.3. The third-order valence-corrected chi connectivity index (χ3v) is 2.59. The zero-order chi connectivity index (χ0) is 12.4. The normalized spacial score (nSPS) is 10.7. The minimum atomic E-state index is 0.218. The van der Waals surface area contributed by atoms with Gasteiger partial charge in [0.1, 0.15) is 18.1 Å². The van der Waals surface area contributed by atoms with E-state index in [9.17, 15) is 0 Å². The van der Waals surface area contributed by atoms with Gasteiger partial charge in [-0.25, -0.2) is 0 Å². The van der Waals surface area contributed by atoms with Crippen LogP contribution in [0, 0.1) is 0 Å². The number of rotatable bonds is 3. The van der Waals surface area contributed by atoms with Crippen molar-refractivity contribution in [2.24, 2.45) is 0 Å². The van der Waals surface area contributed by atoms with Gasteiger partial charge in [-0.3, -0.25) is 4.40 Å². The molecule has 1 N–H and O–H groups in total. The van der Waals surface area contributed by atoms with Crippen LogP contribution in [0.1, 0.15) is 5.82 Å². The Balaban J connectivity index is 1.79. The highest BCUT2D eigenvalue weighted by atomic mass is 16.5. The second-order valence-electron chi connectivity index (χ2n) is 3.83. The molecule has 3 rings (SSSR count). The van der Waals surface area contributed by atoms with Crippen molar-refractivity contribution in [1.82, 2.24) is 14.6 Å². The van der Waals surface area contributed by atoms with E-state index in [1.54, 1.807) is 24.3 Å². The van der Waals surface area contributed by atoms with Gasteiger partial charge in [-0.1, -0.05) is 6.07 Å². The van der Waals surface area contributed by atoms with Crippen molar-refractivity contribution >= 4 is 5.65 Å². The molecular weight excluding hydrogens is 230 g/mol. The maximum Gasteiger partial charge on any atom is 0.175 e. The summed E-state index contributed by atoms with van der Waals surface area (Å²) in [6.45, 7) is 0.329. The van der Waals surface area contributed by atoms with Crippen LogP contribution in [0.15, 0.2) is 48.7 Å². The quantitative estimate of drug-likeness (QED) is 0.762. The van der Waals surface area contributed by atoms with E-state index >= 15 is 0 Å². The smallest absolute Gasteiger partial charge is 0.175 e. The molecule has 0 unspecified atom stereocenters. The molecule has 0 saturated heterocycles. The second kappa shape index (κ2) is 4.37. The molecule has 0 atom stereocenters. The molecule has 0 aliphatic rings. The van der Waals surface area contributed by atoms with Gasteiger partial charge in [0.05, 0.1) is 0 Å². The predicted molar refractivity (Wildman–Crippen MR) is 65.4 cm³/mol. The van der Waals surface area contributed by atoms with Gasteiger partial charge in [-0.2, -0.15) is 0 Å². The van der Waals surface area contributed by atoms with Gasteiger partial charge < -0.3 is 9.84 Å². The Morgan fingerprint density at radius 1 is 1.06 bits per heavy atom. The van der Waals surface area contributed by atoms with Crippen LogP contribution in [-0.2, 0) is 6.61 Å². The summed E-state index contributed by atoms with van der Waals surface area (Å²) in [6, 6.07) is 12.3. The first-order chi connectivity index (χ1) is 8.83. The average molecular weight is 241 g/mol. The number of aromatic hydroxyl groups is 1. The summed E-state index contributed by atoms with van der Waals surface area (Å²) in [6.07, 6.45) is 1.89. The van der Waals surface area contributed by atoms with Gasteiger partial charge >= 0.3 is 0 Å². The molecule has 0 amide bonds. The van der Waals surface area contributed by atoms with Crippen molar-refractivity contribution in [3.63, 3.8) is 0 Å². The summed E-state index contributed by atoms with van der Waals surface area (Å²) < 4.78 is 7.45. The number of fused-ring (bicyclic) bond motifs is 1. The van der Waals surface area contributed by atoms with Gasteiger partial charge in [0.2, 0.25) is 0 Å². The summed E-state index contributed by atoms with van der Waals surface area (Å²) in [5.74, 6) is 1.63. The molecular formula is C13H11N3O2. The number of aromatic nitrogens is 3. The summed E-state index contributed by atoms with van der Waals surface area (Å²) in [5.41, 5.74) is 0.793. The fourth-order valence-electron chi connectivity index (χ4n) is 1.68. The number of nitrogens with zero attached hydrogens (tertiary/aromatic N) is 3. The van der Waals surface area contributed by atoms with Crippen LogP contribution in [0.5, 0.6) is 11.5 Å². The highest BCUT2D eigenvalue weighted by Gasteiger charge is 2.04. The first-order valence-electron chi connectivity index (χ1n) is 5.53. The van der Waals surface area contributed by atoms with Gasteiger partial charge in [-0.05, 0) is 36.4 Å². The van der Waals surface area contributed by atoms with E-state index in [1.807, 2.05) is 28.8 Å². The minimum absolute atomic E-state index is 0.218. The summed E-state index contributed by atoms with van der Waals surface area (Å²) in [4.78, 5) is 0. The number of hydrogen-bond acceptors (Lipinski definition) is 4. The van der Waals surface area contributed by atoms with E-state index in [4.69, 9.17) is 9.84 Å². The zero-order valence-electron chi connectivity index (χ0n) is 9.52. The molecule has 0 radical (unpaired) electrons. The average Bonchev–Trinajstić information content (AvgIpc) is 2.82. The molecule has 0 fully saturated rings. The van der Waals surface area contributed by atoms with Crippen molar-refractivity contribution in [3.8, 4) is 11.5 Å². The molecule has 90 valence electrons. The number of pyridine rings is 1. The van der Waals surface area contributed by atoms with Gasteiger partial charge in [0, 0.05) is 6.20 Å². The molecule has 2 aromatic heterocycles. The lowest BCUT2D eigenvalue weighted by molar-refractivity contribution is 0.294. The van der Waals surface area contributed by atoms with Crippen LogP contribution in [0.3, 0.4) is 0 Å². The van der Waals surface area contributed by atoms with Crippen LogP contribution in [-0.4, -0.2) is 19.7 Å². The van der Waals surface area contributed by atoms with Crippen molar-refractivity contribution in [1.29, 1.82) is 0 Å². The maximum atomic E-state index is 9.17. The van der Waals surface area contributed by atoms with Crippen LogP contribution in [0.4, 0.5) is 0 Å². The Morgan fingerprint density at radius 3 is 2.72 bits per heavy atom. The van der Waals surface area contributed by atoms with Gasteiger partial charge in [0.15, 0.2) is 11.5 Å². The molecule has 0 aliphatic heterocycles. The first kappa shape index (κ1) is 10.6. The van der Waals surface area contributed by atoms with E-state index in [-0.39, 0.29) is 5.75 Å². The van der Waals surface area contributed by atoms with Gasteiger partial charge in [-0.15, -0.1) is 10.2 Å². The highest BCUT2D eigenvalue weighted by Crippen LogP contribution is 2.17. The molecule has 2 heterocycles. The van der Waals surface area contributed by atoms with Crippen LogP contribution < -0.4 is 4.74 Å². The van der Waals surface area contributed by atoms with E-state index in [2.05, 4.69) is 10.2 Å². The Kier molecular flexibility index (Phi) is 2.57. The van der Waals surface area contributed by atoms with Gasteiger partial charge in [0.25, 0.3) is 0 Å². The number of ether oxygens (including phenoxy) is 1. The monoisotopic (exact) mass is 241 g/mol. The SMILES string of the molecule is Oc1ccc(OCc2nnc3ccccn23)cc1. The third kappa shape index (κ3) is 1.98. The van der Waals surface area contributed by atoms with E-state index in [0.29, 0.717) is 12.4 Å². The zero-order valence-corrected chi connectivity index (χ0v) is 9.52. The highest BCUT2D eigenvalue weighted by molar-refractivity contribution is 5.37. The van der Waals surface area contributed by atoms with Crippen LogP contribution in [0.2, 0.25) is 0 Å². The Bertz CT molecular complexity index is 661. The molecule has 0 aliphatic carbocycles. The summed E-state index contributed by atoms with van der Waals surface area (Å²) >= 11 is 0. The van der Waals surface area contributed by atoms with Crippen molar-refractivity contribution < 1.29 is 9.84 Å². The third-order valence-electron chi connectivity index (χ3n) is 2.59. The number of benzene rings is 1. The fourth-order valence-corrected chi connectivity index (χ4v) is 1.68. The lowest BCUT2D eigenvalue weighted by Gasteiger charge is -2.04. The Morgan fingerprint density at radius 2 is 1.89 bits per heavy atom. The van der Waals surface area contributed by atoms with Crippen molar-refractivity contribution in [2.45, 2.75) is 6.61 Å². The Hall–Kier alpha value is -2.56. The van der Waals surface area contributed by atoms with E-state index < -0.39 is 0 Å². The van der Waals surface area contributed by atoms with Crippen molar-refractivity contribution in [2.75, 3.05) is 0 Å². The predicted octanol–water partition coefficient (Wildman–Crippen LogP) is 2.01. The maximum absolute atomic E-state index is 9.17. The summed E-state index contributed by atoms with van der Waals surface area (Å²) in [7, 11) is 0. The number of hydrogen-bond donors (Lipinski definition) is 1.